The summed E-state index contributed by atoms with van der Waals surface area (Å²) in [4.78, 5) is 14.4. The van der Waals surface area contributed by atoms with Gasteiger partial charge in [-0.1, -0.05) is 30.3 Å². The van der Waals surface area contributed by atoms with E-state index in [1.165, 1.54) is 5.56 Å². The minimum atomic E-state index is 0.0955. The quantitative estimate of drug-likeness (QED) is 0.822. The average Bonchev–Trinajstić information content (AvgIpc) is 3.07. The lowest BCUT2D eigenvalue weighted by Crippen LogP contribution is -2.47. The SMILES string of the molecule is O=C(CC1CCNC1)NCC1CN(Cc2ccccc2)CCO1. The third-order valence-electron chi connectivity index (χ3n) is 4.64. The summed E-state index contributed by atoms with van der Waals surface area (Å²) < 4.78 is 5.80. The molecule has 0 aromatic heterocycles. The highest BCUT2D eigenvalue weighted by molar-refractivity contribution is 5.76. The molecule has 2 unspecified atom stereocenters. The zero-order valence-corrected chi connectivity index (χ0v) is 13.7. The molecule has 0 saturated carbocycles. The molecule has 0 spiro atoms. The summed E-state index contributed by atoms with van der Waals surface area (Å²) in [5, 5.41) is 6.35. The summed E-state index contributed by atoms with van der Waals surface area (Å²) in [6.45, 7) is 6.14. The number of ether oxygens (including phenoxy) is 1. The number of morpholine rings is 1. The minimum absolute atomic E-state index is 0.0955. The molecule has 0 radical (unpaired) electrons. The number of carbonyl (C=O) groups excluding carboxylic acids is 1. The van der Waals surface area contributed by atoms with Crippen LogP contribution in [-0.4, -0.2) is 56.2 Å². The van der Waals surface area contributed by atoms with Crippen LogP contribution >= 0.6 is 0 Å². The second kappa shape index (κ2) is 8.43. The predicted octanol–water partition coefficient (Wildman–Crippen LogP) is 1.00. The Morgan fingerprint density at radius 3 is 3.00 bits per heavy atom. The molecule has 2 aliphatic rings. The van der Waals surface area contributed by atoms with Gasteiger partial charge in [0.25, 0.3) is 0 Å². The Labute approximate surface area is 138 Å². The van der Waals surface area contributed by atoms with E-state index in [-0.39, 0.29) is 12.0 Å². The van der Waals surface area contributed by atoms with Gasteiger partial charge in [0.1, 0.15) is 0 Å². The normalized spacial score (nSPS) is 25.4. The lowest BCUT2D eigenvalue weighted by atomic mass is 10.0. The molecule has 1 aromatic rings. The second-order valence-corrected chi connectivity index (χ2v) is 6.58. The van der Waals surface area contributed by atoms with Gasteiger partial charge in [-0.3, -0.25) is 9.69 Å². The molecule has 2 atom stereocenters. The van der Waals surface area contributed by atoms with Crippen molar-refractivity contribution in [2.24, 2.45) is 5.92 Å². The molecule has 2 aliphatic heterocycles. The van der Waals surface area contributed by atoms with Crippen molar-refractivity contribution in [3.63, 3.8) is 0 Å². The van der Waals surface area contributed by atoms with E-state index < -0.39 is 0 Å². The van der Waals surface area contributed by atoms with Gasteiger partial charge in [0, 0.05) is 32.6 Å². The predicted molar refractivity (Wildman–Crippen MR) is 90.1 cm³/mol. The maximum atomic E-state index is 12.0. The molecule has 2 fully saturated rings. The van der Waals surface area contributed by atoms with E-state index >= 15 is 0 Å². The fraction of sp³-hybridized carbons (Fsp3) is 0.611. The Balaban J connectivity index is 1.39. The third-order valence-corrected chi connectivity index (χ3v) is 4.64. The highest BCUT2D eigenvalue weighted by atomic mass is 16.5. The minimum Gasteiger partial charge on any atom is -0.374 e. The fourth-order valence-electron chi connectivity index (χ4n) is 3.34. The number of benzene rings is 1. The van der Waals surface area contributed by atoms with Gasteiger partial charge in [-0.15, -0.1) is 0 Å². The lowest BCUT2D eigenvalue weighted by Gasteiger charge is -2.33. The van der Waals surface area contributed by atoms with E-state index in [9.17, 15) is 4.79 Å². The van der Waals surface area contributed by atoms with Gasteiger partial charge in [-0.25, -0.2) is 0 Å². The average molecular weight is 317 g/mol. The molecule has 3 rings (SSSR count). The van der Waals surface area contributed by atoms with Gasteiger partial charge in [-0.2, -0.15) is 0 Å². The van der Waals surface area contributed by atoms with Crippen LogP contribution in [0.4, 0.5) is 0 Å². The third kappa shape index (κ3) is 5.30. The van der Waals surface area contributed by atoms with Crippen LogP contribution < -0.4 is 10.6 Å². The number of hydrogen-bond acceptors (Lipinski definition) is 4. The van der Waals surface area contributed by atoms with Gasteiger partial charge in [0.2, 0.25) is 5.91 Å². The van der Waals surface area contributed by atoms with Gasteiger partial charge >= 0.3 is 0 Å². The monoisotopic (exact) mass is 317 g/mol. The van der Waals surface area contributed by atoms with E-state index in [1.54, 1.807) is 0 Å². The first-order valence-corrected chi connectivity index (χ1v) is 8.65. The molecular weight excluding hydrogens is 290 g/mol. The Morgan fingerprint density at radius 1 is 1.35 bits per heavy atom. The Bertz CT molecular complexity index is 488. The Kier molecular flexibility index (Phi) is 6.02. The van der Waals surface area contributed by atoms with E-state index in [4.69, 9.17) is 4.74 Å². The molecule has 5 heteroatoms. The van der Waals surface area contributed by atoms with Crippen LogP contribution in [-0.2, 0) is 16.1 Å². The summed E-state index contributed by atoms with van der Waals surface area (Å²) in [5.74, 6) is 0.652. The van der Waals surface area contributed by atoms with Crippen LogP contribution in [0.25, 0.3) is 0 Å². The van der Waals surface area contributed by atoms with Crippen molar-refractivity contribution in [3.05, 3.63) is 35.9 Å². The van der Waals surface area contributed by atoms with Crippen molar-refractivity contribution in [2.75, 3.05) is 39.3 Å². The van der Waals surface area contributed by atoms with Crippen LogP contribution in [0.15, 0.2) is 30.3 Å². The zero-order valence-electron chi connectivity index (χ0n) is 13.7. The maximum Gasteiger partial charge on any atom is 0.220 e. The van der Waals surface area contributed by atoms with Crippen LogP contribution in [0.2, 0.25) is 0 Å². The summed E-state index contributed by atoms with van der Waals surface area (Å²) in [5.41, 5.74) is 1.32. The highest BCUT2D eigenvalue weighted by Gasteiger charge is 2.22. The number of amides is 1. The van der Waals surface area contributed by atoms with Crippen LogP contribution in [0.5, 0.6) is 0 Å². The van der Waals surface area contributed by atoms with Crippen molar-refractivity contribution < 1.29 is 9.53 Å². The number of nitrogens with one attached hydrogen (secondary N) is 2. The number of rotatable bonds is 6. The largest absolute Gasteiger partial charge is 0.374 e. The molecule has 1 amide bonds. The van der Waals surface area contributed by atoms with Gasteiger partial charge in [0.15, 0.2) is 0 Å². The van der Waals surface area contributed by atoms with Crippen LogP contribution in [0.3, 0.4) is 0 Å². The Hall–Kier alpha value is -1.43. The topological polar surface area (TPSA) is 53.6 Å². The molecule has 126 valence electrons. The first-order valence-electron chi connectivity index (χ1n) is 8.65. The molecule has 2 heterocycles. The fourth-order valence-corrected chi connectivity index (χ4v) is 3.34. The first-order chi connectivity index (χ1) is 11.3. The van der Waals surface area contributed by atoms with Crippen molar-refractivity contribution in [1.82, 2.24) is 15.5 Å². The molecular formula is C18H27N3O2. The highest BCUT2D eigenvalue weighted by Crippen LogP contribution is 2.12. The molecule has 5 nitrogen and oxygen atoms in total. The van der Waals surface area contributed by atoms with Crippen LogP contribution in [0, 0.1) is 5.92 Å². The van der Waals surface area contributed by atoms with Gasteiger partial charge < -0.3 is 15.4 Å². The zero-order chi connectivity index (χ0) is 15.9. The Morgan fingerprint density at radius 2 is 2.22 bits per heavy atom. The maximum absolute atomic E-state index is 12.0. The van der Waals surface area contributed by atoms with Crippen molar-refractivity contribution in [2.45, 2.75) is 25.5 Å². The van der Waals surface area contributed by atoms with Gasteiger partial charge in [0.05, 0.1) is 12.7 Å². The summed E-state index contributed by atoms with van der Waals surface area (Å²) >= 11 is 0. The molecule has 1 aromatic carbocycles. The van der Waals surface area contributed by atoms with Crippen molar-refractivity contribution >= 4 is 5.91 Å². The van der Waals surface area contributed by atoms with E-state index in [2.05, 4.69) is 39.8 Å². The van der Waals surface area contributed by atoms with Gasteiger partial charge in [-0.05, 0) is 31.0 Å². The molecule has 0 aliphatic carbocycles. The lowest BCUT2D eigenvalue weighted by molar-refractivity contribution is -0.123. The summed E-state index contributed by atoms with van der Waals surface area (Å²) in [7, 11) is 0. The van der Waals surface area contributed by atoms with Crippen molar-refractivity contribution in [1.29, 1.82) is 0 Å². The molecule has 0 bridgehead atoms. The molecule has 23 heavy (non-hydrogen) atoms. The smallest absolute Gasteiger partial charge is 0.220 e. The number of carbonyl (C=O) groups is 1. The number of nitrogens with zero attached hydrogens (tertiary/aromatic N) is 1. The van der Waals surface area contributed by atoms with E-state index in [0.29, 0.717) is 18.9 Å². The van der Waals surface area contributed by atoms with E-state index in [0.717, 1.165) is 45.8 Å². The second-order valence-electron chi connectivity index (χ2n) is 6.58. The van der Waals surface area contributed by atoms with Crippen LogP contribution in [0.1, 0.15) is 18.4 Å². The van der Waals surface area contributed by atoms with E-state index in [1.807, 2.05) is 6.07 Å². The molecule has 2 saturated heterocycles. The summed E-state index contributed by atoms with van der Waals surface area (Å²) in [6, 6.07) is 10.5. The van der Waals surface area contributed by atoms with Crippen molar-refractivity contribution in [3.8, 4) is 0 Å². The first kappa shape index (κ1) is 16.4. The standard InChI is InChI=1S/C18H27N3O2/c22-18(10-16-6-7-19-11-16)20-12-17-14-21(8-9-23-17)13-15-4-2-1-3-5-15/h1-5,16-17,19H,6-14H2,(H,20,22). The number of hydrogen-bond donors (Lipinski definition) is 2. The summed E-state index contributed by atoms with van der Waals surface area (Å²) in [6.07, 6.45) is 1.84. The molecule has 2 N–H and O–H groups in total.